The smallest absolute Gasteiger partial charge is 0.320 e. The monoisotopic (exact) mass is 275 g/mol. The van der Waals surface area contributed by atoms with Crippen molar-refractivity contribution in [3.8, 4) is 0 Å². The molecule has 0 aromatic carbocycles. The van der Waals surface area contributed by atoms with Gasteiger partial charge < -0.3 is 5.32 Å². The summed E-state index contributed by atoms with van der Waals surface area (Å²) in [4.78, 5) is 16.2. The Morgan fingerprint density at radius 3 is 2.60 bits per heavy atom. The molecule has 0 radical (unpaired) electrons. The normalized spacial score (nSPS) is 16.8. The zero-order valence-corrected chi connectivity index (χ0v) is 12.7. The van der Waals surface area contributed by atoms with Gasteiger partial charge in [-0.25, -0.2) is 9.78 Å². The number of carbonyl (C=O) groups is 1. The standard InChI is InChI=1S/C16H25N3O/c1-16(2,3)12-9-10-17-14(11-12)19-15(20)18-13-7-5-4-6-8-13/h9-11,13H,4-8H2,1-3H3,(H2,17,18,19,20). The quantitative estimate of drug-likeness (QED) is 0.861. The number of urea groups is 1. The summed E-state index contributed by atoms with van der Waals surface area (Å²) in [7, 11) is 0. The minimum atomic E-state index is -0.143. The van der Waals surface area contributed by atoms with E-state index in [-0.39, 0.29) is 11.4 Å². The molecule has 0 saturated heterocycles. The van der Waals surface area contributed by atoms with E-state index >= 15 is 0 Å². The molecular formula is C16H25N3O. The van der Waals surface area contributed by atoms with Crippen molar-refractivity contribution in [2.75, 3.05) is 5.32 Å². The molecule has 2 N–H and O–H groups in total. The van der Waals surface area contributed by atoms with Crippen LogP contribution >= 0.6 is 0 Å². The Morgan fingerprint density at radius 1 is 1.25 bits per heavy atom. The lowest BCUT2D eigenvalue weighted by molar-refractivity contribution is 0.244. The van der Waals surface area contributed by atoms with Gasteiger partial charge >= 0.3 is 6.03 Å². The predicted octanol–water partition coefficient (Wildman–Crippen LogP) is 3.83. The van der Waals surface area contributed by atoms with Crippen LogP contribution in [0.2, 0.25) is 0 Å². The fraction of sp³-hybridized carbons (Fsp3) is 0.625. The summed E-state index contributed by atoms with van der Waals surface area (Å²) in [6.45, 7) is 6.44. The SMILES string of the molecule is CC(C)(C)c1ccnc(NC(=O)NC2CCCCC2)c1. The molecular weight excluding hydrogens is 250 g/mol. The van der Waals surface area contributed by atoms with Crippen LogP contribution in [0, 0.1) is 0 Å². The van der Waals surface area contributed by atoms with Crippen LogP contribution in [0.4, 0.5) is 10.6 Å². The molecule has 0 atom stereocenters. The predicted molar refractivity (Wildman–Crippen MR) is 82.0 cm³/mol. The molecule has 2 rings (SSSR count). The molecule has 2 amide bonds. The molecule has 4 nitrogen and oxygen atoms in total. The largest absolute Gasteiger partial charge is 0.335 e. The van der Waals surface area contributed by atoms with E-state index in [0.717, 1.165) is 12.8 Å². The Kier molecular flexibility index (Phi) is 4.63. The molecule has 0 bridgehead atoms. The molecule has 1 aliphatic carbocycles. The van der Waals surface area contributed by atoms with Gasteiger partial charge in [-0.1, -0.05) is 40.0 Å². The Bertz CT molecular complexity index is 459. The lowest BCUT2D eigenvalue weighted by Crippen LogP contribution is -2.39. The van der Waals surface area contributed by atoms with Gasteiger partial charge in [0.1, 0.15) is 5.82 Å². The third-order valence-corrected chi connectivity index (χ3v) is 3.81. The van der Waals surface area contributed by atoms with Gasteiger partial charge in [0.05, 0.1) is 0 Å². The summed E-state index contributed by atoms with van der Waals surface area (Å²) in [5.74, 6) is 0.616. The van der Waals surface area contributed by atoms with Crippen molar-refractivity contribution in [1.82, 2.24) is 10.3 Å². The molecule has 1 saturated carbocycles. The number of carbonyl (C=O) groups excluding carboxylic acids is 1. The summed E-state index contributed by atoms with van der Waals surface area (Å²) in [5, 5.41) is 5.88. The van der Waals surface area contributed by atoms with Crippen molar-refractivity contribution in [2.24, 2.45) is 0 Å². The maximum absolute atomic E-state index is 12.0. The number of amides is 2. The number of hydrogen-bond acceptors (Lipinski definition) is 2. The second-order valence-electron chi connectivity index (χ2n) is 6.61. The van der Waals surface area contributed by atoms with Crippen molar-refractivity contribution in [3.63, 3.8) is 0 Å². The van der Waals surface area contributed by atoms with Crippen molar-refractivity contribution < 1.29 is 4.79 Å². The highest BCUT2D eigenvalue weighted by molar-refractivity contribution is 5.88. The van der Waals surface area contributed by atoms with Gasteiger partial charge in [-0.05, 0) is 36.0 Å². The van der Waals surface area contributed by atoms with Gasteiger partial charge in [-0.15, -0.1) is 0 Å². The number of nitrogens with zero attached hydrogens (tertiary/aromatic N) is 1. The number of nitrogens with one attached hydrogen (secondary N) is 2. The Hall–Kier alpha value is -1.58. The third-order valence-electron chi connectivity index (χ3n) is 3.81. The Balaban J connectivity index is 1.93. The van der Waals surface area contributed by atoms with E-state index in [1.807, 2.05) is 12.1 Å². The van der Waals surface area contributed by atoms with Crippen LogP contribution in [0.15, 0.2) is 18.3 Å². The van der Waals surface area contributed by atoms with E-state index in [4.69, 9.17) is 0 Å². The lowest BCUT2D eigenvalue weighted by Gasteiger charge is -2.23. The molecule has 1 fully saturated rings. The Morgan fingerprint density at radius 2 is 1.95 bits per heavy atom. The highest BCUT2D eigenvalue weighted by Crippen LogP contribution is 2.23. The van der Waals surface area contributed by atoms with Gasteiger partial charge in [0, 0.05) is 12.2 Å². The average Bonchev–Trinajstić information content (AvgIpc) is 2.39. The molecule has 1 heterocycles. The number of rotatable bonds is 2. The second-order valence-corrected chi connectivity index (χ2v) is 6.61. The fourth-order valence-electron chi connectivity index (χ4n) is 2.55. The zero-order chi connectivity index (χ0) is 14.6. The van der Waals surface area contributed by atoms with E-state index in [2.05, 4.69) is 36.4 Å². The first kappa shape index (κ1) is 14.8. The first-order valence-corrected chi connectivity index (χ1v) is 7.49. The highest BCUT2D eigenvalue weighted by Gasteiger charge is 2.17. The molecule has 4 heteroatoms. The van der Waals surface area contributed by atoms with Crippen LogP contribution in [-0.4, -0.2) is 17.1 Å². The second kappa shape index (κ2) is 6.25. The van der Waals surface area contributed by atoms with Gasteiger partial charge in [0.15, 0.2) is 0 Å². The van der Waals surface area contributed by atoms with Crippen LogP contribution < -0.4 is 10.6 Å². The lowest BCUT2D eigenvalue weighted by atomic mass is 9.88. The molecule has 0 aliphatic heterocycles. The van der Waals surface area contributed by atoms with Gasteiger partial charge in [-0.2, -0.15) is 0 Å². The summed E-state index contributed by atoms with van der Waals surface area (Å²) >= 11 is 0. The van der Waals surface area contributed by atoms with Crippen LogP contribution in [0.25, 0.3) is 0 Å². The van der Waals surface area contributed by atoms with Crippen molar-refractivity contribution in [2.45, 2.75) is 64.3 Å². The van der Waals surface area contributed by atoms with Gasteiger partial charge in [-0.3, -0.25) is 5.32 Å². The maximum atomic E-state index is 12.0. The number of pyridine rings is 1. The molecule has 110 valence electrons. The number of hydrogen-bond donors (Lipinski definition) is 2. The minimum absolute atomic E-state index is 0.0548. The van der Waals surface area contributed by atoms with Crippen LogP contribution in [0.3, 0.4) is 0 Å². The van der Waals surface area contributed by atoms with Crippen molar-refractivity contribution in [3.05, 3.63) is 23.9 Å². The van der Waals surface area contributed by atoms with E-state index in [9.17, 15) is 4.79 Å². The first-order valence-electron chi connectivity index (χ1n) is 7.49. The summed E-state index contributed by atoms with van der Waals surface area (Å²) in [5.41, 5.74) is 1.22. The van der Waals surface area contributed by atoms with Gasteiger partial charge in [0.2, 0.25) is 0 Å². The van der Waals surface area contributed by atoms with E-state index < -0.39 is 0 Å². The fourth-order valence-corrected chi connectivity index (χ4v) is 2.55. The summed E-state index contributed by atoms with van der Waals surface area (Å²) in [6.07, 6.45) is 7.63. The molecule has 1 aliphatic rings. The van der Waals surface area contributed by atoms with Crippen LogP contribution in [0.5, 0.6) is 0 Å². The molecule has 1 aromatic rings. The summed E-state index contributed by atoms with van der Waals surface area (Å²) < 4.78 is 0. The van der Waals surface area contributed by atoms with Crippen molar-refractivity contribution in [1.29, 1.82) is 0 Å². The minimum Gasteiger partial charge on any atom is -0.335 e. The molecule has 1 aromatic heterocycles. The first-order chi connectivity index (χ1) is 9.45. The topological polar surface area (TPSA) is 54.0 Å². The molecule has 0 unspecified atom stereocenters. The van der Waals surface area contributed by atoms with Crippen molar-refractivity contribution >= 4 is 11.8 Å². The molecule has 0 spiro atoms. The highest BCUT2D eigenvalue weighted by atomic mass is 16.2. The van der Waals surface area contributed by atoms with Crippen LogP contribution in [0.1, 0.15) is 58.4 Å². The third kappa shape index (κ3) is 4.22. The summed E-state index contributed by atoms with van der Waals surface area (Å²) in [6, 6.07) is 4.11. The number of aromatic nitrogens is 1. The Labute approximate surface area is 121 Å². The van der Waals surface area contributed by atoms with Gasteiger partial charge in [0.25, 0.3) is 0 Å². The average molecular weight is 275 g/mol. The van der Waals surface area contributed by atoms with E-state index in [0.29, 0.717) is 11.9 Å². The molecule has 20 heavy (non-hydrogen) atoms. The maximum Gasteiger partial charge on any atom is 0.320 e. The van der Waals surface area contributed by atoms with E-state index in [1.54, 1.807) is 6.20 Å². The number of anilines is 1. The van der Waals surface area contributed by atoms with Crippen LogP contribution in [-0.2, 0) is 5.41 Å². The zero-order valence-electron chi connectivity index (χ0n) is 12.7. The van der Waals surface area contributed by atoms with E-state index in [1.165, 1.54) is 24.8 Å².